The van der Waals surface area contributed by atoms with Gasteiger partial charge in [0.25, 0.3) is 5.91 Å². The van der Waals surface area contributed by atoms with Gasteiger partial charge in [-0.1, -0.05) is 18.5 Å². The lowest BCUT2D eigenvalue weighted by Crippen LogP contribution is -2.77. The molecule has 0 spiro atoms. The number of amides is 1. The first kappa shape index (κ1) is 17.0. The molecule has 4 saturated carbocycles. The Hall–Kier alpha value is -2.15. The Morgan fingerprint density at radius 2 is 2.15 bits per heavy atom. The summed E-state index contributed by atoms with van der Waals surface area (Å²) < 4.78 is 24.6. The number of carbonyl (C=O) groups excluding carboxylic acids is 1. The number of hydrogen-bond donors (Lipinski definition) is 1. The van der Waals surface area contributed by atoms with E-state index in [0.717, 1.165) is 31.6 Å². The van der Waals surface area contributed by atoms with Crippen molar-refractivity contribution in [2.24, 2.45) is 5.92 Å². The van der Waals surface area contributed by atoms with Crippen molar-refractivity contribution in [2.75, 3.05) is 6.61 Å². The molecule has 4 aliphatic carbocycles. The van der Waals surface area contributed by atoms with E-state index in [4.69, 9.17) is 20.8 Å². The fourth-order valence-electron chi connectivity index (χ4n) is 4.46. The molecule has 2 bridgehead atoms. The van der Waals surface area contributed by atoms with Crippen LogP contribution in [0.25, 0.3) is 0 Å². The molecule has 1 heterocycles. The molecular weight excluding hydrogens is 373 g/mol. The van der Waals surface area contributed by atoms with Crippen LogP contribution in [-0.4, -0.2) is 28.3 Å². The molecule has 0 aliphatic heterocycles. The SMILES string of the molecule is C[C@H]1C[C@@H]1c1nnc(C23CC(NC(=O)COc4ccc(Cl)c(F)c4)(C2)C3)o1. The highest BCUT2D eigenvalue weighted by Crippen LogP contribution is 2.67. The van der Waals surface area contributed by atoms with E-state index in [9.17, 15) is 9.18 Å². The molecule has 4 aliphatic rings. The van der Waals surface area contributed by atoms with E-state index in [1.807, 2.05) is 0 Å². The topological polar surface area (TPSA) is 77.2 Å². The van der Waals surface area contributed by atoms with Crippen LogP contribution < -0.4 is 10.1 Å². The molecule has 6 nitrogen and oxygen atoms in total. The molecule has 2 atom stereocenters. The average molecular weight is 392 g/mol. The second kappa shape index (κ2) is 5.67. The second-order valence-electron chi connectivity index (χ2n) is 8.27. The lowest BCUT2D eigenvalue weighted by atomic mass is 9.39. The largest absolute Gasteiger partial charge is 0.484 e. The summed E-state index contributed by atoms with van der Waals surface area (Å²) >= 11 is 5.63. The summed E-state index contributed by atoms with van der Waals surface area (Å²) in [6, 6.07) is 4.10. The van der Waals surface area contributed by atoms with Gasteiger partial charge in [0.1, 0.15) is 11.6 Å². The third-order valence-corrected chi connectivity index (χ3v) is 6.32. The molecule has 8 heteroatoms. The van der Waals surface area contributed by atoms with Gasteiger partial charge in [-0.15, -0.1) is 10.2 Å². The number of aromatic nitrogens is 2. The van der Waals surface area contributed by atoms with Crippen LogP contribution in [0.3, 0.4) is 0 Å². The fourth-order valence-corrected chi connectivity index (χ4v) is 4.58. The lowest BCUT2D eigenvalue weighted by molar-refractivity contribution is -0.143. The van der Waals surface area contributed by atoms with Gasteiger partial charge in [0.2, 0.25) is 11.8 Å². The predicted octanol–water partition coefficient (Wildman–Crippen LogP) is 3.35. The molecule has 142 valence electrons. The van der Waals surface area contributed by atoms with Gasteiger partial charge in [-0.3, -0.25) is 4.79 Å². The Bertz CT molecular complexity index is 911. The Morgan fingerprint density at radius 1 is 1.41 bits per heavy atom. The summed E-state index contributed by atoms with van der Waals surface area (Å²) in [6.07, 6.45) is 3.54. The highest BCUT2D eigenvalue weighted by atomic mass is 35.5. The van der Waals surface area contributed by atoms with E-state index in [1.54, 1.807) is 0 Å². The number of carbonyl (C=O) groups is 1. The lowest BCUT2D eigenvalue weighted by Gasteiger charge is -2.68. The maximum absolute atomic E-state index is 13.4. The Labute approximate surface area is 160 Å². The summed E-state index contributed by atoms with van der Waals surface area (Å²) in [5, 5.41) is 11.5. The molecule has 1 amide bonds. The van der Waals surface area contributed by atoms with Crippen molar-refractivity contribution >= 4 is 17.5 Å². The summed E-state index contributed by atoms with van der Waals surface area (Å²) in [5.41, 5.74) is -0.274. The van der Waals surface area contributed by atoms with Crippen molar-refractivity contribution < 1.29 is 18.3 Å². The van der Waals surface area contributed by atoms with Crippen LogP contribution in [0.1, 0.15) is 50.3 Å². The van der Waals surface area contributed by atoms with Crippen LogP contribution in [0.5, 0.6) is 5.75 Å². The third-order valence-electron chi connectivity index (χ3n) is 6.02. The predicted molar refractivity (Wildman–Crippen MR) is 94.1 cm³/mol. The average Bonchev–Trinajstić information content (AvgIpc) is 3.10. The summed E-state index contributed by atoms with van der Waals surface area (Å²) in [7, 11) is 0. The van der Waals surface area contributed by atoms with Gasteiger partial charge >= 0.3 is 0 Å². The van der Waals surface area contributed by atoms with E-state index in [0.29, 0.717) is 17.7 Å². The molecule has 0 saturated heterocycles. The monoisotopic (exact) mass is 391 g/mol. The maximum atomic E-state index is 13.4. The van der Waals surface area contributed by atoms with E-state index in [-0.39, 0.29) is 34.2 Å². The normalized spacial score (nSPS) is 33.0. The Morgan fingerprint density at radius 3 is 2.81 bits per heavy atom. The van der Waals surface area contributed by atoms with Crippen molar-refractivity contribution in [3.8, 4) is 5.75 Å². The number of rotatable bonds is 6. The molecule has 1 N–H and O–H groups in total. The fraction of sp³-hybridized carbons (Fsp3) is 0.526. The zero-order valence-corrected chi connectivity index (χ0v) is 15.6. The first-order chi connectivity index (χ1) is 12.9. The van der Waals surface area contributed by atoms with Gasteiger partial charge in [0, 0.05) is 17.5 Å². The van der Waals surface area contributed by atoms with Crippen LogP contribution in [0.15, 0.2) is 22.6 Å². The molecule has 6 rings (SSSR count). The zero-order valence-electron chi connectivity index (χ0n) is 14.8. The van der Waals surface area contributed by atoms with Crippen LogP contribution in [0.4, 0.5) is 4.39 Å². The summed E-state index contributed by atoms with van der Waals surface area (Å²) in [6.45, 7) is 2.01. The third kappa shape index (κ3) is 2.79. The molecular formula is C19H19ClFN3O3. The minimum absolute atomic E-state index is 0.0197. The number of benzene rings is 1. The van der Waals surface area contributed by atoms with Crippen molar-refractivity contribution in [1.82, 2.24) is 15.5 Å². The van der Waals surface area contributed by atoms with E-state index in [2.05, 4.69) is 22.4 Å². The van der Waals surface area contributed by atoms with E-state index >= 15 is 0 Å². The molecule has 4 fully saturated rings. The quantitative estimate of drug-likeness (QED) is 0.817. The first-order valence-corrected chi connectivity index (χ1v) is 9.49. The Kier molecular flexibility index (Phi) is 3.57. The zero-order chi connectivity index (χ0) is 18.8. The van der Waals surface area contributed by atoms with Crippen molar-refractivity contribution in [1.29, 1.82) is 0 Å². The minimum atomic E-state index is -0.574. The molecule has 2 aromatic rings. The maximum Gasteiger partial charge on any atom is 0.258 e. The van der Waals surface area contributed by atoms with Gasteiger partial charge in [-0.25, -0.2) is 4.39 Å². The van der Waals surface area contributed by atoms with Gasteiger partial charge in [-0.05, 0) is 43.7 Å². The van der Waals surface area contributed by atoms with Crippen LogP contribution in [-0.2, 0) is 10.2 Å². The van der Waals surface area contributed by atoms with Crippen LogP contribution in [0.2, 0.25) is 5.02 Å². The number of nitrogens with one attached hydrogen (secondary N) is 1. The molecule has 0 unspecified atom stereocenters. The summed E-state index contributed by atoms with van der Waals surface area (Å²) in [5.74, 6) is 1.98. The van der Waals surface area contributed by atoms with Gasteiger partial charge in [-0.2, -0.15) is 0 Å². The van der Waals surface area contributed by atoms with Crippen molar-refractivity contribution in [2.45, 2.75) is 49.5 Å². The number of nitrogens with zero attached hydrogens (tertiary/aromatic N) is 2. The standard InChI is InChI=1S/C19H19ClFN3O3/c1-10-4-12(10)16-23-24-17(27-16)18-7-19(8-18,9-18)22-15(25)6-26-11-2-3-13(20)14(21)5-11/h2-3,5,10,12H,4,6-9H2,1H3,(H,22,25)/t10-,12-,18?,19?/m0/s1. The van der Waals surface area contributed by atoms with Crippen molar-refractivity contribution in [3.63, 3.8) is 0 Å². The second-order valence-corrected chi connectivity index (χ2v) is 8.68. The van der Waals surface area contributed by atoms with Crippen molar-refractivity contribution in [3.05, 3.63) is 40.8 Å². The number of ether oxygens (including phenoxy) is 1. The van der Waals surface area contributed by atoms with Gasteiger partial charge < -0.3 is 14.5 Å². The smallest absolute Gasteiger partial charge is 0.258 e. The summed E-state index contributed by atoms with van der Waals surface area (Å²) in [4.78, 5) is 12.2. The molecule has 27 heavy (non-hydrogen) atoms. The highest BCUT2D eigenvalue weighted by Gasteiger charge is 2.72. The number of hydrogen-bond acceptors (Lipinski definition) is 5. The van der Waals surface area contributed by atoms with Crippen LogP contribution in [0, 0.1) is 11.7 Å². The molecule has 0 radical (unpaired) electrons. The highest BCUT2D eigenvalue weighted by molar-refractivity contribution is 6.30. The van der Waals surface area contributed by atoms with Gasteiger partial charge in [0.05, 0.1) is 10.4 Å². The number of halogens is 2. The van der Waals surface area contributed by atoms with E-state index in [1.165, 1.54) is 18.2 Å². The minimum Gasteiger partial charge on any atom is -0.484 e. The Balaban J connectivity index is 1.13. The molecule has 1 aromatic carbocycles. The molecule has 1 aromatic heterocycles. The van der Waals surface area contributed by atoms with Crippen LogP contribution >= 0.6 is 11.6 Å². The van der Waals surface area contributed by atoms with Gasteiger partial charge in [0.15, 0.2) is 6.61 Å². The first-order valence-electron chi connectivity index (χ1n) is 9.11. The van der Waals surface area contributed by atoms with E-state index < -0.39 is 5.82 Å².